The SMILES string of the molecule is Cc1ccc([C@@H]2CCCCCN2C(=O)CCCn2cccn2)o1. The number of hydrogen-bond acceptors (Lipinski definition) is 3. The van der Waals surface area contributed by atoms with Crippen LogP contribution in [0.2, 0.25) is 0 Å². The third-order valence-electron chi connectivity index (χ3n) is 4.50. The van der Waals surface area contributed by atoms with Crippen molar-refractivity contribution >= 4 is 5.91 Å². The summed E-state index contributed by atoms with van der Waals surface area (Å²) in [6.07, 6.45) is 9.52. The molecule has 3 rings (SSSR count). The summed E-state index contributed by atoms with van der Waals surface area (Å²) in [6, 6.07) is 6.02. The zero-order valence-electron chi connectivity index (χ0n) is 13.8. The van der Waals surface area contributed by atoms with Crippen molar-refractivity contribution in [3.8, 4) is 0 Å². The molecule has 0 spiro atoms. The van der Waals surface area contributed by atoms with Gasteiger partial charge in [0.15, 0.2) is 0 Å². The van der Waals surface area contributed by atoms with Gasteiger partial charge in [0.2, 0.25) is 5.91 Å². The van der Waals surface area contributed by atoms with E-state index in [1.54, 1.807) is 6.20 Å². The van der Waals surface area contributed by atoms with Crippen LogP contribution in [0.5, 0.6) is 0 Å². The average Bonchev–Trinajstić information content (AvgIpc) is 3.14. The second-order valence-electron chi connectivity index (χ2n) is 6.27. The van der Waals surface area contributed by atoms with Crippen molar-refractivity contribution in [1.82, 2.24) is 14.7 Å². The molecular formula is C18H25N3O2. The summed E-state index contributed by atoms with van der Waals surface area (Å²) in [5.41, 5.74) is 0. The van der Waals surface area contributed by atoms with Crippen LogP contribution in [0.4, 0.5) is 0 Å². The van der Waals surface area contributed by atoms with Crippen molar-refractivity contribution in [3.05, 3.63) is 42.1 Å². The maximum atomic E-state index is 12.7. The van der Waals surface area contributed by atoms with E-state index < -0.39 is 0 Å². The first kappa shape index (κ1) is 15.8. The van der Waals surface area contributed by atoms with Crippen LogP contribution in [0, 0.1) is 6.92 Å². The van der Waals surface area contributed by atoms with E-state index in [4.69, 9.17) is 4.42 Å². The van der Waals surface area contributed by atoms with Crippen molar-refractivity contribution in [1.29, 1.82) is 0 Å². The van der Waals surface area contributed by atoms with Gasteiger partial charge in [0.05, 0.1) is 6.04 Å². The maximum Gasteiger partial charge on any atom is 0.223 e. The molecule has 0 saturated carbocycles. The van der Waals surface area contributed by atoms with Gasteiger partial charge >= 0.3 is 0 Å². The Labute approximate surface area is 137 Å². The van der Waals surface area contributed by atoms with Gasteiger partial charge in [-0.15, -0.1) is 0 Å². The Morgan fingerprint density at radius 2 is 2.26 bits per heavy atom. The summed E-state index contributed by atoms with van der Waals surface area (Å²) >= 11 is 0. The largest absolute Gasteiger partial charge is 0.464 e. The highest BCUT2D eigenvalue weighted by atomic mass is 16.3. The molecule has 1 amide bonds. The van der Waals surface area contributed by atoms with Gasteiger partial charge in [-0.3, -0.25) is 9.48 Å². The monoisotopic (exact) mass is 315 g/mol. The second kappa shape index (κ2) is 7.49. The van der Waals surface area contributed by atoms with E-state index in [0.717, 1.165) is 50.3 Å². The van der Waals surface area contributed by atoms with Gasteiger partial charge < -0.3 is 9.32 Å². The Bertz CT molecular complexity index is 618. The van der Waals surface area contributed by atoms with E-state index in [-0.39, 0.29) is 11.9 Å². The molecule has 2 aromatic heterocycles. The summed E-state index contributed by atoms with van der Waals surface area (Å²) in [6.45, 7) is 3.58. The highest BCUT2D eigenvalue weighted by molar-refractivity contribution is 5.76. The number of likely N-dealkylation sites (tertiary alicyclic amines) is 1. The van der Waals surface area contributed by atoms with Gasteiger partial charge in [0.25, 0.3) is 0 Å². The average molecular weight is 315 g/mol. The van der Waals surface area contributed by atoms with Crippen molar-refractivity contribution in [3.63, 3.8) is 0 Å². The first-order valence-electron chi connectivity index (χ1n) is 8.57. The smallest absolute Gasteiger partial charge is 0.223 e. The van der Waals surface area contributed by atoms with Crippen molar-refractivity contribution in [2.24, 2.45) is 0 Å². The first-order chi connectivity index (χ1) is 11.2. The Balaban J connectivity index is 1.62. The highest BCUT2D eigenvalue weighted by Gasteiger charge is 2.28. The number of rotatable bonds is 5. The summed E-state index contributed by atoms with van der Waals surface area (Å²) in [5, 5.41) is 4.18. The lowest BCUT2D eigenvalue weighted by Crippen LogP contribution is -2.34. The minimum atomic E-state index is 0.100. The summed E-state index contributed by atoms with van der Waals surface area (Å²) in [5.74, 6) is 2.08. The number of amides is 1. The molecule has 0 bridgehead atoms. The van der Waals surface area contributed by atoms with Crippen LogP contribution in [0.1, 0.15) is 56.1 Å². The van der Waals surface area contributed by atoms with Crippen LogP contribution in [-0.4, -0.2) is 27.1 Å². The summed E-state index contributed by atoms with van der Waals surface area (Å²) in [7, 11) is 0. The van der Waals surface area contributed by atoms with E-state index >= 15 is 0 Å². The van der Waals surface area contributed by atoms with Crippen molar-refractivity contribution in [2.75, 3.05) is 6.54 Å². The molecule has 1 atom stereocenters. The van der Waals surface area contributed by atoms with Crippen LogP contribution < -0.4 is 0 Å². The number of aromatic nitrogens is 2. The predicted octanol–water partition coefficient (Wildman–Crippen LogP) is 3.71. The summed E-state index contributed by atoms with van der Waals surface area (Å²) in [4.78, 5) is 14.8. The van der Waals surface area contributed by atoms with Gasteiger partial charge in [0, 0.05) is 31.9 Å². The van der Waals surface area contributed by atoms with Crippen LogP contribution in [0.25, 0.3) is 0 Å². The van der Waals surface area contributed by atoms with E-state index in [0.29, 0.717) is 6.42 Å². The minimum absolute atomic E-state index is 0.100. The number of nitrogens with zero attached hydrogens (tertiary/aromatic N) is 3. The molecule has 0 aromatic carbocycles. The molecular weight excluding hydrogens is 290 g/mol. The molecule has 23 heavy (non-hydrogen) atoms. The van der Waals surface area contributed by atoms with E-state index in [9.17, 15) is 4.79 Å². The lowest BCUT2D eigenvalue weighted by Gasteiger charge is -2.28. The topological polar surface area (TPSA) is 51.3 Å². The molecule has 1 fully saturated rings. The maximum absolute atomic E-state index is 12.7. The van der Waals surface area contributed by atoms with Gasteiger partial charge in [-0.25, -0.2) is 0 Å². The number of hydrogen-bond donors (Lipinski definition) is 0. The zero-order valence-corrected chi connectivity index (χ0v) is 13.8. The first-order valence-corrected chi connectivity index (χ1v) is 8.57. The number of aryl methyl sites for hydroxylation is 2. The number of carbonyl (C=O) groups is 1. The minimum Gasteiger partial charge on any atom is -0.464 e. The van der Waals surface area contributed by atoms with Crippen LogP contribution in [0.15, 0.2) is 35.0 Å². The fraction of sp³-hybridized carbons (Fsp3) is 0.556. The highest BCUT2D eigenvalue weighted by Crippen LogP contribution is 2.31. The molecule has 0 radical (unpaired) electrons. The van der Waals surface area contributed by atoms with Crippen molar-refractivity contribution in [2.45, 2.75) is 58.0 Å². The Kier molecular flexibility index (Phi) is 5.16. The molecule has 1 saturated heterocycles. The predicted molar refractivity (Wildman–Crippen MR) is 87.8 cm³/mol. The third kappa shape index (κ3) is 4.03. The van der Waals surface area contributed by atoms with Gasteiger partial charge in [0.1, 0.15) is 11.5 Å². The zero-order chi connectivity index (χ0) is 16.1. The Hall–Kier alpha value is -2.04. The lowest BCUT2D eigenvalue weighted by molar-refractivity contribution is -0.134. The van der Waals surface area contributed by atoms with E-state index in [1.807, 2.05) is 40.9 Å². The molecule has 1 aliphatic rings. The molecule has 0 unspecified atom stereocenters. The fourth-order valence-electron chi connectivity index (χ4n) is 3.30. The fourth-order valence-corrected chi connectivity index (χ4v) is 3.30. The summed E-state index contributed by atoms with van der Waals surface area (Å²) < 4.78 is 7.69. The molecule has 2 aromatic rings. The van der Waals surface area contributed by atoms with Crippen LogP contribution in [-0.2, 0) is 11.3 Å². The lowest BCUT2D eigenvalue weighted by atomic mass is 10.1. The molecule has 0 aliphatic carbocycles. The molecule has 0 N–H and O–H groups in total. The number of carbonyl (C=O) groups excluding carboxylic acids is 1. The molecule has 5 heteroatoms. The van der Waals surface area contributed by atoms with E-state index in [1.165, 1.54) is 6.42 Å². The number of furan rings is 1. The van der Waals surface area contributed by atoms with Gasteiger partial charge in [-0.1, -0.05) is 12.8 Å². The third-order valence-corrected chi connectivity index (χ3v) is 4.50. The van der Waals surface area contributed by atoms with E-state index in [2.05, 4.69) is 5.10 Å². The van der Waals surface area contributed by atoms with Gasteiger partial charge in [-0.05, 0) is 44.4 Å². The molecule has 5 nitrogen and oxygen atoms in total. The second-order valence-corrected chi connectivity index (χ2v) is 6.27. The standard InChI is InChI=1S/C18H25N3O2/c1-15-9-10-17(23-15)16-7-3-2-4-14-21(16)18(22)8-5-12-20-13-6-11-19-20/h6,9-11,13,16H,2-5,7-8,12,14H2,1H3/t16-/m0/s1. The normalized spacial score (nSPS) is 18.8. The molecule has 1 aliphatic heterocycles. The quantitative estimate of drug-likeness (QED) is 0.845. The van der Waals surface area contributed by atoms with Crippen LogP contribution >= 0.6 is 0 Å². The van der Waals surface area contributed by atoms with Crippen LogP contribution in [0.3, 0.4) is 0 Å². The molecule has 124 valence electrons. The molecule has 3 heterocycles. The Morgan fingerprint density at radius 3 is 3.00 bits per heavy atom. The van der Waals surface area contributed by atoms with Crippen molar-refractivity contribution < 1.29 is 9.21 Å². The van der Waals surface area contributed by atoms with Gasteiger partial charge in [-0.2, -0.15) is 5.10 Å². The Morgan fingerprint density at radius 1 is 1.35 bits per heavy atom.